The molecular weight excluding hydrogens is 362 g/mol. The molecule has 0 bridgehead atoms. The van der Waals surface area contributed by atoms with E-state index in [1.807, 2.05) is 81.5 Å². The van der Waals surface area contributed by atoms with Gasteiger partial charge < -0.3 is 15.4 Å². The van der Waals surface area contributed by atoms with Gasteiger partial charge in [-0.2, -0.15) is 0 Å². The van der Waals surface area contributed by atoms with Gasteiger partial charge in [0.15, 0.2) is 0 Å². The first-order valence-corrected chi connectivity index (χ1v) is 9.74. The highest BCUT2D eigenvalue weighted by molar-refractivity contribution is 5.92. The molecule has 0 aliphatic heterocycles. The van der Waals surface area contributed by atoms with Crippen LogP contribution in [0.3, 0.4) is 0 Å². The molecule has 1 aromatic heterocycles. The number of nitrogens with one attached hydrogen (secondary N) is 2. The summed E-state index contributed by atoms with van der Waals surface area (Å²) in [5, 5.41) is 7.21. The summed E-state index contributed by atoms with van der Waals surface area (Å²) in [5.74, 6) is 0. The number of alkyl carbamates (subject to hydrolysis) is 1. The number of carbonyl (C=O) groups is 1. The van der Waals surface area contributed by atoms with Crippen molar-refractivity contribution in [3.63, 3.8) is 0 Å². The van der Waals surface area contributed by atoms with E-state index >= 15 is 0 Å². The molecule has 3 aromatic rings. The van der Waals surface area contributed by atoms with E-state index in [1.54, 1.807) is 0 Å². The highest BCUT2D eigenvalue weighted by atomic mass is 16.6. The minimum atomic E-state index is -0.501. The summed E-state index contributed by atoms with van der Waals surface area (Å²) < 4.78 is 5.26. The van der Waals surface area contributed by atoms with Crippen molar-refractivity contribution in [2.24, 2.45) is 0 Å². The lowest BCUT2D eigenvalue weighted by Gasteiger charge is -2.19. The SMILES string of the molecule is CC(C)(C)OC(=O)NCCNc1cc(/C=C/c2ccccc2)nc2ccccc12. The number of hydrogen-bond donors (Lipinski definition) is 2. The number of rotatable bonds is 6. The predicted octanol–water partition coefficient (Wildman–Crippen LogP) is 5.34. The van der Waals surface area contributed by atoms with E-state index in [0.29, 0.717) is 13.1 Å². The number of fused-ring (bicyclic) bond motifs is 1. The third-order valence-corrected chi connectivity index (χ3v) is 4.09. The molecule has 29 heavy (non-hydrogen) atoms. The van der Waals surface area contributed by atoms with Crippen LogP contribution in [-0.2, 0) is 4.74 Å². The minimum Gasteiger partial charge on any atom is -0.444 e. The first-order chi connectivity index (χ1) is 13.9. The minimum absolute atomic E-state index is 0.412. The van der Waals surface area contributed by atoms with Crippen LogP contribution in [0.5, 0.6) is 0 Å². The highest BCUT2D eigenvalue weighted by Gasteiger charge is 2.15. The number of ether oxygens (including phenoxy) is 1. The Morgan fingerprint density at radius 3 is 2.48 bits per heavy atom. The fourth-order valence-corrected chi connectivity index (χ4v) is 2.85. The van der Waals surface area contributed by atoms with Gasteiger partial charge in [0.1, 0.15) is 5.60 Å². The van der Waals surface area contributed by atoms with E-state index in [0.717, 1.165) is 27.8 Å². The molecule has 1 amide bonds. The average molecular weight is 389 g/mol. The highest BCUT2D eigenvalue weighted by Crippen LogP contribution is 2.24. The molecule has 3 rings (SSSR count). The molecule has 0 unspecified atom stereocenters. The number of hydrogen-bond acceptors (Lipinski definition) is 4. The maximum atomic E-state index is 11.8. The van der Waals surface area contributed by atoms with Crippen LogP contribution in [0.25, 0.3) is 23.1 Å². The van der Waals surface area contributed by atoms with Crippen molar-refractivity contribution >= 4 is 34.8 Å². The zero-order valence-corrected chi connectivity index (χ0v) is 17.1. The van der Waals surface area contributed by atoms with Crippen molar-refractivity contribution in [1.29, 1.82) is 0 Å². The van der Waals surface area contributed by atoms with E-state index < -0.39 is 11.7 Å². The fraction of sp³-hybridized carbons (Fsp3) is 0.250. The van der Waals surface area contributed by atoms with Crippen molar-refractivity contribution < 1.29 is 9.53 Å². The van der Waals surface area contributed by atoms with Crippen LogP contribution in [0, 0.1) is 0 Å². The number of benzene rings is 2. The summed E-state index contributed by atoms with van der Waals surface area (Å²) in [6.45, 7) is 6.57. The van der Waals surface area contributed by atoms with Crippen molar-refractivity contribution in [1.82, 2.24) is 10.3 Å². The Balaban J connectivity index is 1.69. The number of carbonyl (C=O) groups excluding carboxylic acids is 1. The normalized spacial score (nSPS) is 11.6. The topological polar surface area (TPSA) is 63.2 Å². The van der Waals surface area contributed by atoms with Crippen LogP contribution in [0.4, 0.5) is 10.5 Å². The van der Waals surface area contributed by atoms with Gasteiger partial charge in [0, 0.05) is 24.2 Å². The number of aromatic nitrogens is 1. The summed E-state index contributed by atoms with van der Waals surface area (Å²) in [6, 6.07) is 20.2. The molecule has 0 atom stereocenters. The van der Waals surface area contributed by atoms with Gasteiger partial charge in [-0.1, -0.05) is 54.6 Å². The first-order valence-electron chi connectivity index (χ1n) is 9.74. The zero-order chi connectivity index (χ0) is 20.7. The monoisotopic (exact) mass is 389 g/mol. The molecule has 0 fully saturated rings. The van der Waals surface area contributed by atoms with Crippen molar-refractivity contribution in [3.8, 4) is 0 Å². The van der Waals surface area contributed by atoms with Crippen LogP contribution >= 0.6 is 0 Å². The molecule has 5 nitrogen and oxygen atoms in total. The Hall–Kier alpha value is -3.34. The number of amides is 1. The predicted molar refractivity (Wildman–Crippen MR) is 120 cm³/mol. The molecule has 150 valence electrons. The molecule has 0 aliphatic carbocycles. The Morgan fingerprint density at radius 1 is 1.00 bits per heavy atom. The number of nitrogens with zero attached hydrogens (tertiary/aromatic N) is 1. The van der Waals surface area contributed by atoms with E-state index in [9.17, 15) is 4.79 Å². The molecule has 0 saturated heterocycles. The largest absolute Gasteiger partial charge is 0.444 e. The standard InChI is InChI=1S/C24H27N3O2/c1-24(2,3)29-23(28)26-16-15-25-22-17-19(14-13-18-9-5-4-6-10-18)27-21-12-8-7-11-20(21)22/h4-14,17H,15-16H2,1-3H3,(H,25,27)(H,26,28)/b14-13+. The van der Waals surface area contributed by atoms with E-state index in [2.05, 4.69) is 22.8 Å². The van der Waals surface area contributed by atoms with Gasteiger partial charge in [-0.3, -0.25) is 0 Å². The molecule has 5 heteroatoms. The van der Waals surface area contributed by atoms with Gasteiger partial charge in [-0.25, -0.2) is 9.78 Å². The molecule has 2 N–H and O–H groups in total. The second-order valence-electron chi connectivity index (χ2n) is 7.71. The van der Waals surface area contributed by atoms with Gasteiger partial charge in [-0.05, 0) is 44.5 Å². The van der Waals surface area contributed by atoms with Crippen LogP contribution in [0.2, 0.25) is 0 Å². The Bertz CT molecular complexity index is 992. The maximum absolute atomic E-state index is 11.8. The summed E-state index contributed by atoms with van der Waals surface area (Å²) >= 11 is 0. The van der Waals surface area contributed by atoms with Crippen LogP contribution in [-0.4, -0.2) is 29.8 Å². The van der Waals surface area contributed by atoms with Gasteiger partial charge in [-0.15, -0.1) is 0 Å². The molecule has 0 spiro atoms. The van der Waals surface area contributed by atoms with Crippen LogP contribution in [0.1, 0.15) is 32.0 Å². The Morgan fingerprint density at radius 2 is 1.72 bits per heavy atom. The van der Waals surface area contributed by atoms with E-state index in [-0.39, 0.29) is 0 Å². The molecule has 0 aliphatic rings. The molecule has 2 aromatic carbocycles. The second-order valence-corrected chi connectivity index (χ2v) is 7.71. The molecule has 0 saturated carbocycles. The summed E-state index contributed by atoms with van der Waals surface area (Å²) in [4.78, 5) is 16.5. The van der Waals surface area contributed by atoms with Gasteiger partial charge in [0.05, 0.1) is 11.2 Å². The van der Waals surface area contributed by atoms with E-state index in [4.69, 9.17) is 9.72 Å². The zero-order valence-electron chi connectivity index (χ0n) is 17.1. The lowest BCUT2D eigenvalue weighted by Crippen LogP contribution is -2.35. The van der Waals surface area contributed by atoms with Gasteiger partial charge in [0.25, 0.3) is 0 Å². The average Bonchev–Trinajstić information content (AvgIpc) is 2.69. The van der Waals surface area contributed by atoms with Gasteiger partial charge in [0.2, 0.25) is 0 Å². The lowest BCUT2D eigenvalue weighted by molar-refractivity contribution is 0.0530. The molecule has 0 radical (unpaired) electrons. The van der Waals surface area contributed by atoms with Crippen molar-refractivity contribution in [2.75, 3.05) is 18.4 Å². The Labute approximate surface area is 171 Å². The number of anilines is 1. The fourth-order valence-electron chi connectivity index (χ4n) is 2.85. The van der Waals surface area contributed by atoms with Crippen molar-refractivity contribution in [3.05, 3.63) is 71.9 Å². The third kappa shape index (κ3) is 6.35. The van der Waals surface area contributed by atoms with E-state index in [1.165, 1.54) is 0 Å². The summed E-state index contributed by atoms with van der Waals surface area (Å²) in [5.41, 5.74) is 3.40. The Kier molecular flexibility index (Phi) is 6.50. The molecular formula is C24H27N3O2. The van der Waals surface area contributed by atoms with Crippen LogP contribution < -0.4 is 10.6 Å². The molecule has 1 heterocycles. The second kappa shape index (κ2) is 9.24. The maximum Gasteiger partial charge on any atom is 0.407 e. The third-order valence-electron chi connectivity index (χ3n) is 4.09. The first kappa shape index (κ1) is 20.4. The quantitative estimate of drug-likeness (QED) is 0.559. The number of pyridine rings is 1. The van der Waals surface area contributed by atoms with Crippen LogP contribution in [0.15, 0.2) is 60.7 Å². The smallest absolute Gasteiger partial charge is 0.407 e. The summed E-state index contributed by atoms with van der Waals surface area (Å²) in [6.07, 6.45) is 3.64. The number of para-hydroxylation sites is 1. The van der Waals surface area contributed by atoms with Gasteiger partial charge >= 0.3 is 6.09 Å². The lowest BCUT2D eigenvalue weighted by atomic mass is 10.1. The summed E-state index contributed by atoms with van der Waals surface area (Å²) in [7, 11) is 0. The van der Waals surface area contributed by atoms with Crippen molar-refractivity contribution in [2.45, 2.75) is 26.4 Å².